The topological polar surface area (TPSA) is 88.2 Å². The van der Waals surface area contributed by atoms with Gasteiger partial charge in [0.25, 0.3) is 0 Å². The lowest BCUT2D eigenvalue weighted by Gasteiger charge is -2.18. The SMILES string of the molecule is COC(=O)NC1CCCC1C(=N)N. The molecule has 2 unspecified atom stereocenters. The number of rotatable bonds is 2. The van der Waals surface area contributed by atoms with Gasteiger partial charge in [0.15, 0.2) is 0 Å². The van der Waals surface area contributed by atoms with Crippen LogP contribution in [0, 0.1) is 11.3 Å². The van der Waals surface area contributed by atoms with Crippen LogP contribution in [0.2, 0.25) is 0 Å². The highest BCUT2D eigenvalue weighted by Gasteiger charge is 2.30. The van der Waals surface area contributed by atoms with Crippen molar-refractivity contribution in [3.05, 3.63) is 0 Å². The van der Waals surface area contributed by atoms with Gasteiger partial charge in [-0.2, -0.15) is 0 Å². The number of amidine groups is 1. The molecule has 0 saturated heterocycles. The van der Waals surface area contributed by atoms with Crippen molar-refractivity contribution in [3.8, 4) is 0 Å². The molecule has 0 spiro atoms. The number of hydrogen-bond acceptors (Lipinski definition) is 3. The largest absolute Gasteiger partial charge is 0.453 e. The highest BCUT2D eigenvalue weighted by atomic mass is 16.5. The summed E-state index contributed by atoms with van der Waals surface area (Å²) in [5.41, 5.74) is 5.40. The number of alkyl carbamates (subject to hydrolysis) is 1. The third-order valence-corrected chi connectivity index (χ3v) is 2.40. The Morgan fingerprint density at radius 1 is 1.62 bits per heavy atom. The van der Waals surface area contributed by atoms with Crippen LogP contribution in [0.1, 0.15) is 19.3 Å². The molecule has 1 fully saturated rings. The fourth-order valence-corrected chi connectivity index (χ4v) is 1.72. The van der Waals surface area contributed by atoms with E-state index in [1.54, 1.807) is 0 Å². The number of hydrogen-bond donors (Lipinski definition) is 3. The van der Waals surface area contributed by atoms with E-state index in [4.69, 9.17) is 11.1 Å². The summed E-state index contributed by atoms with van der Waals surface area (Å²) in [6.07, 6.45) is 2.31. The van der Waals surface area contributed by atoms with E-state index in [1.165, 1.54) is 7.11 Å². The molecule has 13 heavy (non-hydrogen) atoms. The predicted molar refractivity (Wildman–Crippen MR) is 48.6 cm³/mol. The van der Waals surface area contributed by atoms with Crippen molar-refractivity contribution in [3.63, 3.8) is 0 Å². The van der Waals surface area contributed by atoms with Crippen LogP contribution in [-0.2, 0) is 4.74 Å². The zero-order valence-electron chi connectivity index (χ0n) is 7.67. The van der Waals surface area contributed by atoms with E-state index in [1.807, 2.05) is 0 Å². The summed E-state index contributed by atoms with van der Waals surface area (Å²) in [4.78, 5) is 10.9. The number of carbonyl (C=O) groups excluding carboxylic acids is 1. The molecule has 1 saturated carbocycles. The average molecular weight is 185 g/mol. The number of nitrogens with one attached hydrogen (secondary N) is 2. The van der Waals surface area contributed by atoms with Crippen LogP contribution in [0.3, 0.4) is 0 Å². The zero-order valence-corrected chi connectivity index (χ0v) is 7.67. The average Bonchev–Trinajstić information content (AvgIpc) is 2.52. The van der Waals surface area contributed by atoms with Gasteiger partial charge in [0.2, 0.25) is 0 Å². The second-order valence-corrected chi connectivity index (χ2v) is 3.24. The molecule has 0 aromatic heterocycles. The number of amides is 1. The van der Waals surface area contributed by atoms with Crippen LogP contribution < -0.4 is 11.1 Å². The van der Waals surface area contributed by atoms with Crippen LogP contribution >= 0.6 is 0 Å². The van der Waals surface area contributed by atoms with Crippen LogP contribution in [-0.4, -0.2) is 25.1 Å². The van der Waals surface area contributed by atoms with Gasteiger partial charge in [-0.05, 0) is 12.8 Å². The maximum absolute atomic E-state index is 10.9. The van der Waals surface area contributed by atoms with Crippen molar-refractivity contribution in [2.45, 2.75) is 25.3 Å². The summed E-state index contributed by atoms with van der Waals surface area (Å²) >= 11 is 0. The Balaban J connectivity index is 2.48. The molecular formula is C8H15N3O2. The zero-order chi connectivity index (χ0) is 9.84. The Morgan fingerprint density at radius 2 is 2.31 bits per heavy atom. The summed E-state index contributed by atoms with van der Waals surface area (Å²) in [5, 5.41) is 9.99. The molecule has 0 radical (unpaired) electrons. The molecule has 74 valence electrons. The van der Waals surface area contributed by atoms with Crippen molar-refractivity contribution in [2.24, 2.45) is 11.7 Å². The predicted octanol–water partition coefficient (Wildman–Crippen LogP) is 0.447. The maximum Gasteiger partial charge on any atom is 0.407 e. The van der Waals surface area contributed by atoms with Gasteiger partial charge in [-0.1, -0.05) is 6.42 Å². The minimum Gasteiger partial charge on any atom is -0.453 e. The van der Waals surface area contributed by atoms with Crippen molar-refractivity contribution in [1.29, 1.82) is 5.41 Å². The van der Waals surface area contributed by atoms with Crippen molar-refractivity contribution in [2.75, 3.05) is 7.11 Å². The first-order chi connectivity index (χ1) is 6.15. The smallest absolute Gasteiger partial charge is 0.407 e. The summed E-state index contributed by atoms with van der Waals surface area (Å²) in [7, 11) is 1.33. The Bertz CT molecular complexity index is 217. The molecule has 1 aliphatic rings. The van der Waals surface area contributed by atoms with Gasteiger partial charge in [-0.3, -0.25) is 5.41 Å². The van der Waals surface area contributed by atoms with Gasteiger partial charge in [-0.15, -0.1) is 0 Å². The highest BCUT2D eigenvalue weighted by Crippen LogP contribution is 2.25. The molecule has 1 aliphatic carbocycles. The first-order valence-electron chi connectivity index (χ1n) is 4.33. The highest BCUT2D eigenvalue weighted by molar-refractivity contribution is 5.81. The van der Waals surface area contributed by atoms with Crippen molar-refractivity contribution >= 4 is 11.9 Å². The third-order valence-electron chi connectivity index (χ3n) is 2.40. The Kier molecular flexibility index (Phi) is 3.11. The molecule has 0 aromatic carbocycles. The van der Waals surface area contributed by atoms with Crippen molar-refractivity contribution in [1.82, 2.24) is 5.32 Å². The van der Waals surface area contributed by atoms with Crippen LogP contribution in [0.4, 0.5) is 4.79 Å². The van der Waals surface area contributed by atoms with E-state index in [-0.39, 0.29) is 17.8 Å². The van der Waals surface area contributed by atoms with E-state index >= 15 is 0 Å². The number of ether oxygens (including phenoxy) is 1. The molecule has 0 bridgehead atoms. The molecule has 1 rings (SSSR count). The summed E-state index contributed by atoms with van der Waals surface area (Å²) in [6.45, 7) is 0. The molecule has 5 heteroatoms. The first-order valence-corrected chi connectivity index (χ1v) is 4.33. The lowest BCUT2D eigenvalue weighted by molar-refractivity contribution is 0.165. The molecule has 0 aromatic rings. The standard InChI is InChI=1S/C8H15N3O2/c1-13-8(12)11-6-4-2-3-5(6)7(9)10/h5-6H,2-4H2,1H3,(H3,9,10)(H,11,12). The van der Waals surface area contributed by atoms with Gasteiger partial charge in [0.05, 0.1) is 12.9 Å². The van der Waals surface area contributed by atoms with E-state index in [0.29, 0.717) is 0 Å². The van der Waals surface area contributed by atoms with Crippen LogP contribution in [0.25, 0.3) is 0 Å². The third kappa shape index (κ3) is 2.34. The summed E-state index contributed by atoms with van der Waals surface area (Å²) < 4.78 is 4.48. The monoisotopic (exact) mass is 185 g/mol. The van der Waals surface area contributed by atoms with Crippen LogP contribution in [0.5, 0.6) is 0 Å². The molecule has 4 N–H and O–H groups in total. The van der Waals surface area contributed by atoms with Gasteiger partial charge in [0.1, 0.15) is 0 Å². The number of methoxy groups -OCH3 is 1. The summed E-state index contributed by atoms with van der Waals surface area (Å²) in [5.74, 6) is 0.137. The minimum atomic E-state index is -0.446. The van der Waals surface area contributed by atoms with E-state index in [0.717, 1.165) is 19.3 Å². The Hall–Kier alpha value is -1.26. The fraction of sp³-hybridized carbons (Fsp3) is 0.750. The molecule has 5 nitrogen and oxygen atoms in total. The molecule has 0 aliphatic heterocycles. The van der Waals surface area contributed by atoms with Gasteiger partial charge in [0, 0.05) is 12.0 Å². The second kappa shape index (κ2) is 4.11. The molecule has 2 atom stereocenters. The van der Waals surface area contributed by atoms with Crippen molar-refractivity contribution < 1.29 is 9.53 Å². The first kappa shape index (κ1) is 9.83. The van der Waals surface area contributed by atoms with E-state index in [9.17, 15) is 4.79 Å². The minimum absolute atomic E-state index is 0.0147. The fourth-order valence-electron chi connectivity index (χ4n) is 1.72. The Labute approximate surface area is 77.1 Å². The lowest BCUT2D eigenvalue weighted by atomic mass is 10.0. The normalized spacial score (nSPS) is 26.8. The maximum atomic E-state index is 10.9. The second-order valence-electron chi connectivity index (χ2n) is 3.24. The van der Waals surface area contributed by atoms with Gasteiger partial charge >= 0.3 is 6.09 Å². The Morgan fingerprint density at radius 3 is 2.85 bits per heavy atom. The number of carbonyl (C=O) groups is 1. The van der Waals surface area contributed by atoms with Gasteiger partial charge in [-0.25, -0.2) is 4.79 Å². The van der Waals surface area contributed by atoms with E-state index in [2.05, 4.69) is 10.1 Å². The molecule has 1 amide bonds. The van der Waals surface area contributed by atoms with Crippen LogP contribution in [0.15, 0.2) is 0 Å². The van der Waals surface area contributed by atoms with E-state index < -0.39 is 6.09 Å². The molecular weight excluding hydrogens is 170 g/mol. The summed E-state index contributed by atoms with van der Waals surface area (Å²) in [6, 6.07) is -0.0232. The molecule has 0 heterocycles. The van der Waals surface area contributed by atoms with Gasteiger partial charge < -0.3 is 15.8 Å². The number of nitrogens with two attached hydrogens (primary N) is 1. The quantitative estimate of drug-likeness (QED) is 0.431. The lowest BCUT2D eigenvalue weighted by Crippen LogP contribution is -2.41.